The number of amides is 1. The molecule has 9 heteroatoms. The molecule has 0 heterocycles. The van der Waals surface area contributed by atoms with Crippen LogP contribution < -0.4 is 10.0 Å². The van der Waals surface area contributed by atoms with Crippen molar-refractivity contribution in [3.05, 3.63) is 76.7 Å². The second-order valence-electron chi connectivity index (χ2n) is 7.20. The number of hydrogen-bond acceptors (Lipinski definition) is 3. The Balaban J connectivity index is 2.00. The molecular weight excluding hydrogens is 441 g/mol. The van der Waals surface area contributed by atoms with Crippen LogP contribution in [-0.4, -0.2) is 26.9 Å². The van der Waals surface area contributed by atoms with E-state index in [4.69, 9.17) is 0 Å². The molecule has 0 aliphatic carbocycles. The first-order valence-corrected chi connectivity index (χ1v) is 11.2. The summed E-state index contributed by atoms with van der Waals surface area (Å²) in [5.74, 6) is 4.18. The Morgan fingerprint density at radius 1 is 1.09 bits per heavy atom. The Morgan fingerprint density at radius 3 is 2.41 bits per heavy atom. The molecule has 0 radical (unpaired) electrons. The third kappa shape index (κ3) is 8.21. The Kier molecular flexibility index (Phi) is 8.63. The van der Waals surface area contributed by atoms with Gasteiger partial charge in [-0.2, -0.15) is 17.9 Å². The van der Waals surface area contributed by atoms with Crippen LogP contribution in [0.2, 0.25) is 0 Å². The molecule has 0 bridgehead atoms. The molecule has 1 atom stereocenters. The third-order valence-electron chi connectivity index (χ3n) is 4.25. The maximum absolute atomic E-state index is 12.7. The Labute approximate surface area is 185 Å². The van der Waals surface area contributed by atoms with Crippen LogP contribution in [0.25, 0.3) is 6.08 Å². The number of sulfonamides is 1. The minimum absolute atomic E-state index is 0.153. The van der Waals surface area contributed by atoms with Gasteiger partial charge in [-0.05, 0) is 35.8 Å². The molecule has 2 rings (SSSR count). The van der Waals surface area contributed by atoms with E-state index in [1.165, 1.54) is 18.2 Å². The Hall–Kier alpha value is -3.09. The van der Waals surface area contributed by atoms with Gasteiger partial charge in [-0.25, -0.2) is 8.42 Å². The average molecular weight is 465 g/mol. The Morgan fingerprint density at radius 2 is 1.78 bits per heavy atom. The molecule has 0 spiro atoms. The molecule has 0 saturated carbocycles. The van der Waals surface area contributed by atoms with Crippen LogP contribution in [0.5, 0.6) is 0 Å². The lowest BCUT2D eigenvalue weighted by atomic mass is 10.1. The number of rotatable bonds is 7. The van der Waals surface area contributed by atoms with Gasteiger partial charge in [0.2, 0.25) is 15.9 Å². The summed E-state index contributed by atoms with van der Waals surface area (Å²) in [7, 11) is -3.90. The number of nitrogens with one attached hydrogen (secondary N) is 2. The minimum atomic E-state index is -4.47. The zero-order chi connectivity index (χ0) is 23.8. The van der Waals surface area contributed by atoms with Crippen molar-refractivity contribution in [2.24, 2.45) is 5.92 Å². The lowest BCUT2D eigenvalue weighted by Gasteiger charge is -2.20. The molecule has 0 saturated heterocycles. The molecule has 0 aliphatic heterocycles. The lowest BCUT2D eigenvalue weighted by molar-refractivity contribution is -0.137. The first-order valence-electron chi connectivity index (χ1n) is 9.67. The second kappa shape index (κ2) is 11.0. The zero-order valence-corrected chi connectivity index (χ0v) is 18.3. The lowest BCUT2D eigenvalue weighted by Crippen LogP contribution is -2.49. The highest BCUT2D eigenvalue weighted by atomic mass is 32.2. The molecule has 2 aromatic rings. The van der Waals surface area contributed by atoms with Crippen LogP contribution in [0.3, 0.4) is 0 Å². The summed E-state index contributed by atoms with van der Waals surface area (Å²) < 4.78 is 65.3. The average Bonchev–Trinajstić information content (AvgIpc) is 2.74. The summed E-state index contributed by atoms with van der Waals surface area (Å²) in [5, 5.41) is 3.47. The summed E-state index contributed by atoms with van der Waals surface area (Å²) in [6, 6.07) is 12.3. The molecule has 2 aromatic carbocycles. The summed E-state index contributed by atoms with van der Waals surface area (Å²) in [6.07, 6.45) is -3.05. The maximum atomic E-state index is 12.7. The third-order valence-corrected chi connectivity index (χ3v) is 5.33. The predicted molar refractivity (Wildman–Crippen MR) is 117 cm³/mol. The molecule has 1 amide bonds. The van der Waals surface area contributed by atoms with E-state index in [1.54, 1.807) is 44.2 Å². The van der Waals surface area contributed by atoms with E-state index in [9.17, 15) is 26.4 Å². The predicted octanol–water partition coefficient (Wildman–Crippen LogP) is 3.79. The first-order chi connectivity index (χ1) is 15.0. The van der Waals surface area contributed by atoms with Crippen LogP contribution in [-0.2, 0) is 21.0 Å². The minimum Gasteiger partial charge on any atom is -0.344 e. The van der Waals surface area contributed by atoms with Crippen molar-refractivity contribution in [2.75, 3.05) is 6.54 Å². The molecule has 32 heavy (non-hydrogen) atoms. The summed E-state index contributed by atoms with van der Waals surface area (Å²) >= 11 is 0. The number of alkyl halides is 3. The van der Waals surface area contributed by atoms with Gasteiger partial charge in [0, 0.05) is 11.0 Å². The van der Waals surface area contributed by atoms with Crippen LogP contribution >= 0.6 is 0 Å². The summed E-state index contributed by atoms with van der Waals surface area (Å²) in [4.78, 5) is 12.5. The van der Waals surface area contributed by atoms with E-state index in [0.29, 0.717) is 5.56 Å². The van der Waals surface area contributed by atoms with Crippen LogP contribution in [0.15, 0.2) is 60.0 Å². The number of hydrogen-bond donors (Lipinski definition) is 2. The van der Waals surface area contributed by atoms with Gasteiger partial charge in [-0.15, -0.1) is 0 Å². The van der Waals surface area contributed by atoms with Gasteiger partial charge in [-0.3, -0.25) is 4.79 Å². The molecule has 0 aromatic heterocycles. The molecule has 0 aliphatic rings. The monoisotopic (exact) mass is 464 g/mol. The fraction of sp³-hybridized carbons (Fsp3) is 0.261. The van der Waals surface area contributed by atoms with Crippen molar-refractivity contribution < 1.29 is 26.4 Å². The van der Waals surface area contributed by atoms with Gasteiger partial charge in [0.1, 0.15) is 6.04 Å². The van der Waals surface area contributed by atoms with Gasteiger partial charge in [0.25, 0.3) is 0 Å². The van der Waals surface area contributed by atoms with Crippen molar-refractivity contribution >= 4 is 22.0 Å². The standard InChI is InChI=1S/C23H23F3N2O3S/c1-17(2)21(28-32(30,31)15-13-18-8-4-3-5-9-18)22(29)27-14-7-11-19-10-6-12-20(16-19)23(24,25)26/h3-6,8-10,12-13,15-17,21,28H,14H2,1-2H3,(H,27,29)/b15-13+/t21-/m0/s1. The molecule has 0 fully saturated rings. The Bertz CT molecular complexity index is 1120. The van der Waals surface area contributed by atoms with Gasteiger partial charge in [-0.1, -0.05) is 62.1 Å². The van der Waals surface area contributed by atoms with Gasteiger partial charge in [0.05, 0.1) is 12.1 Å². The maximum Gasteiger partial charge on any atom is 0.416 e. The van der Waals surface area contributed by atoms with Crippen molar-refractivity contribution in [1.29, 1.82) is 0 Å². The molecule has 2 N–H and O–H groups in total. The number of carbonyl (C=O) groups is 1. The largest absolute Gasteiger partial charge is 0.416 e. The summed E-state index contributed by atoms with van der Waals surface area (Å²) in [5.41, 5.74) is 0.0284. The van der Waals surface area contributed by atoms with Crippen LogP contribution in [0, 0.1) is 17.8 Å². The normalized spacial score (nSPS) is 12.9. The topological polar surface area (TPSA) is 75.3 Å². The fourth-order valence-corrected chi connectivity index (χ4v) is 3.75. The highest BCUT2D eigenvalue weighted by Crippen LogP contribution is 2.29. The van der Waals surface area contributed by atoms with E-state index < -0.39 is 33.7 Å². The molecule has 0 unspecified atom stereocenters. The fourth-order valence-electron chi connectivity index (χ4n) is 2.60. The zero-order valence-electron chi connectivity index (χ0n) is 17.5. The van der Waals surface area contributed by atoms with Gasteiger partial charge in [0.15, 0.2) is 0 Å². The van der Waals surface area contributed by atoms with Crippen molar-refractivity contribution in [1.82, 2.24) is 10.0 Å². The van der Waals surface area contributed by atoms with Crippen molar-refractivity contribution in [3.63, 3.8) is 0 Å². The van der Waals surface area contributed by atoms with Gasteiger partial charge < -0.3 is 5.32 Å². The van der Waals surface area contributed by atoms with Crippen molar-refractivity contribution in [3.8, 4) is 11.8 Å². The van der Waals surface area contributed by atoms with E-state index >= 15 is 0 Å². The molecular formula is C23H23F3N2O3S. The number of benzene rings is 2. The quantitative estimate of drug-likeness (QED) is 0.613. The highest BCUT2D eigenvalue weighted by Gasteiger charge is 2.30. The van der Waals surface area contributed by atoms with E-state index in [-0.39, 0.29) is 18.0 Å². The number of halogens is 3. The van der Waals surface area contributed by atoms with Crippen LogP contribution in [0.4, 0.5) is 13.2 Å². The van der Waals surface area contributed by atoms with Gasteiger partial charge >= 0.3 is 6.18 Å². The smallest absolute Gasteiger partial charge is 0.344 e. The SMILES string of the molecule is CC(C)[C@H](NS(=O)(=O)/C=C/c1ccccc1)C(=O)NCC#Cc1cccc(C(F)(F)F)c1. The van der Waals surface area contributed by atoms with E-state index in [0.717, 1.165) is 17.5 Å². The molecule has 5 nitrogen and oxygen atoms in total. The summed E-state index contributed by atoms with van der Waals surface area (Å²) in [6.45, 7) is 3.21. The first kappa shape index (κ1) is 25.2. The van der Waals surface area contributed by atoms with Crippen molar-refractivity contribution in [2.45, 2.75) is 26.1 Å². The van der Waals surface area contributed by atoms with E-state index in [2.05, 4.69) is 21.9 Å². The second-order valence-corrected chi connectivity index (χ2v) is 8.79. The van der Waals surface area contributed by atoms with Crippen LogP contribution in [0.1, 0.15) is 30.5 Å². The molecule has 170 valence electrons. The van der Waals surface area contributed by atoms with E-state index in [1.807, 2.05) is 0 Å². The highest BCUT2D eigenvalue weighted by molar-refractivity contribution is 7.92. The number of carbonyl (C=O) groups excluding carboxylic acids is 1.